The lowest BCUT2D eigenvalue weighted by Crippen LogP contribution is -2.23. The molecule has 0 atom stereocenters. The number of ether oxygens (including phenoxy) is 2. The van der Waals surface area contributed by atoms with Crippen molar-refractivity contribution in [1.29, 1.82) is 0 Å². The maximum Gasteiger partial charge on any atom is 0.291 e. The Hall–Kier alpha value is -3.24. The topological polar surface area (TPSA) is 94.8 Å². The van der Waals surface area contributed by atoms with Crippen LogP contribution in [0.15, 0.2) is 58.1 Å². The standard InChI is InChI=1S/C21H17BrN4O4S/c1-2-29-17-9-13(10-18-20(28)26-21(31-18)23-12-24-26)3-8-16(17)30-11-19(27)25-15-6-4-14(22)5-7-15/h3-10,12H,2,11H2,1H3,(H,25,27)/b18-10-. The second kappa shape index (κ2) is 9.27. The van der Waals surface area contributed by atoms with Crippen molar-refractivity contribution < 1.29 is 14.3 Å². The molecule has 0 saturated carbocycles. The first kappa shape index (κ1) is 21.0. The number of halogens is 1. The van der Waals surface area contributed by atoms with Gasteiger partial charge >= 0.3 is 0 Å². The van der Waals surface area contributed by atoms with E-state index in [2.05, 4.69) is 31.3 Å². The van der Waals surface area contributed by atoms with Gasteiger partial charge in [-0.2, -0.15) is 9.61 Å². The van der Waals surface area contributed by atoms with E-state index in [0.717, 1.165) is 10.0 Å². The lowest BCUT2D eigenvalue weighted by Gasteiger charge is -2.12. The highest BCUT2D eigenvalue weighted by Crippen LogP contribution is 2.29. The number of fused-ring (bicyclic) bond motifs is 1. The molecule has 158 valence electrons. The van der Waals surface area contributed by atoms with E-state index in [-0.39, 0.29) is 18.1 Å². The van der Waals surface area contributed by atoms with Crippen LogP contribution in [-0.4, -0.2) is 33.7 Å². The van der Waals surface area contributed by atoms with Crippen LogP contribution in [0.5, 0.6) is 11.5 Å². The fraction of sp³-hybridized carbons (Fsp3) is 0.143. The van der Waals surface area contributed by atoms with Crippen LogP contribution in [-0.2, 0) is 4.79 Å². The lowest BCUT2D eigenvalue weighted by atomic mass is 10.2. The summed E-state index contributed by atoms with van der Waals surface area (Å²) in [5, 5.41) is 6.69. The number of amides is 1. The highest BCUT2D eigenvalue weighted by Gasteiger charge is 2.10. The van der Waals surface area contributed by atoms with Crippen LogP contribution in [0.1, 0.15) is 12.5 Å². The van der Waals surface area contributed by atoms with Crippen LogP contribution in [0.3, 0.4) is 0 Å². The summed E-state index contributed by atoms with van der Waals surface area (Å²) >= 11 is 4.61. The SMILES string of the molecule is CCOc1cc(/C=c2\sc3ncnn3c2=O)ccc1OCC(=O)Nc1ccc(Br)cc1. The number of benzene rings is 2. The van der Waals surface area contributed by atoms with Gasteiger partial charge in [-0.25, -0.2) is 4.98 Å². The Morgan fingerprint density at radius 3 is 2.74 bits per heavy atom. The van der Waals surface area contributed by atoms with Gasteiger partial charge in [0.15, 0.2) is 18.1 Å². The van der Waals surface area contributed by atoms with E-state index >= 15 is 0 Å². The predicted octanol–water partition coefficient (Wildman–Crippen LogP) is 2.88. The van der Waals surface area contributed by atoms with Crippen LogP contribution in [0, 0.1) is 0 Å². The van der Waals surface area contributed by atoms with Gasteiger partial charge in [0.25, 0.3) is 11.5 Å². The number of thiazole rings is 1. The molecule has 0 radical (unpaired) electrons. The van der Waals surface area contributed by atoms with E-state index in [9.17, 15) is 9.59 Å². The van der Waals surface area contributed by atoms with Crippen LogP contribution in [0.2, 0.25) is 0 Å². The summed E-state index contributed by atoms with van der Waals surface area (Å²) in [7, 11) is 0. The molecule has 8 nitrogen and oxygen atoms in total. The molecule has 4 rings (SSSR count). The predicted molar refractivity (Wildman–Crippen MR) is 122 cm³/mol. The average molecular weight is 501 g/mol. The Morgan fingerprint density at radius 1 is 1.19 bits per heavy atom. The fourth-order valence-corrected chi connectivity index (χ4v) is 3.95. The molecular formula is C21H17BrN4O4S. The molecule has 10 heteroatoms. The molecule has 1 amide bonds. The van der Waals surface area contributed by atoms with Crippen molar-refractivity contribution in [3.8, 4) is 11.5 Å². The minimum atomic E-state index is -0.286. The number of nitrogens with one attached hydrogen (secondary N) is 1. The zero-order valence-electron chi connectivity index (χ0n) is 16.4. The third-order valence-corrected chi connectivity index (χ3v) is 5.67. The van der Waals surface area contributed by atoms with E-state index < -0.39 is 0 Å². The van der Waals surface area contributed by atoms with E-state index in [1.54, 1.807) is 36.4 Å². The van der Waals surface area contributed by atoms with Gasteiger partial charge in [0.1, 0.15) is 6.33 Å². The first-order valence-corrected chi connectivity index (χ1v) is 10.9. The van der Waals surface area contributed by atoms with Crippen LogP contribution < -0.4 is 24.9 Å². The van der Waals surface area contributed by atoms with Gasteiger partial charge in [0, 0.05) is 10.2 Å². The number of hydrogen-bond donors (Lipinski definition) is 1. The monoisotopic (exact) mass is 500 g/mol. The molecule has 0 fully saturated rings. The Bertz CT molecular complexity index is 1330. The van der Waals surface area contributed by atoms with Crippen molar-refractivity contribution in [2.24, 2.45) is 0 Å². The van der Waals surface area contributed by atoms with Crippen LogP contribution in [0.25, 0.3) is 11.0 Å². The third-order valence-electron chi connectivity index (χ3n) is 4.17. The van der Waals surface area contributed by atoms with Crippen molar-refractivity contribution >= 4 is 49.9 Å². The minimum Gasteiger partial charge on any atom is -0.490 e. The zero-order chi connectivity index (χ0) is 21.8. The van der Waals surface area contributed by atoms with Gasteiger partial charge in [-0.15, -0.1) is 0 Å². The van der Waals surface area contributed by atoms with Gasteiger partial charge in [0.05, 0.1) is 11.1 Å². The second-order valence-electron chi connectivity index (χ2n) is 6.35. The number of rotatable bonds is 7. The maximum atomic E-state index is 12.4. The molecule has 0 saturated heterocycles. The molecule has 0 aliphatic heterocycles. The highest BCUT2D eigenvalue weighted by molar-refractivity contribution is 9.10. The number of aromatic nitrogens is 3. The van der Waals surface area contributed by atoms with Crippen LogP contribution >= 0.6 is 27.3 Å². The van der Waals surface area contributed by atoms with Gasteiger partial charge in [-0.1, -0.05) is 33.3 Å². The van der Waals surface area contributed by atoms with Gasteiger partial charge < -0.3 is 14.8 Å². The van der Waals surface area contributed by atoms with Crippen molar-refractivity contribution in [3.63, 3.8) is 0 Å². The number of nitrogens with zero attached hydrogens (tertiary/aromatic N) is 3. The molecule has 0 spiro atoms. The van der Waals surface area contributed by atoms with E-state index in [0.29, 0.717) is 33.3 Å². The van der Waals surface area contributed by atoms with Crippen molar-refractivity contribution in [1.82, 2.24) is 14.6 Å². The third kappa shape index (κ3) is 4.92. The molecule has 1 N–H and O–H groups in total. The molecule has 2 heterocycles. The van der Waals surface area contributed by atoms with Gasteiger partial charge in [0.2, 0.25) is 4.96 Å². The first-order valence-electron chi connectivity index (χ1n) is 9.33. The van der Waals surface area contributed by atoms with Crippen LogP contribution in [0.4, 0.5) is 5.69 Å². The average Bonchev–Trinajstić information content (AvgIpc) is 3.33. The molecule has 4 aromatic rings. The van der Waals surface area contributed by atoms with E-state index in [1.165, 1.54) is 22.2 Å². The second-order valence-corrected chi connectivity index (χ2v) is 8.28. The summed E-state index contributed by atoms with van der Waals surface area (Å²) in [4.78, 5) is 29.1. The molecule has 0 aliphatic carbocycles. The Balaban J connectivity index is 1.50. The van der Waals surface area contributed by atoms with Crippen molar-refractivity contribution in [2.75, 3.05) is 18.5 Å². The summed E-state index contributed by atoms with van der Waals surface area (Å²) in [6, 6.07) is 12.5. The quantitative estimate of drug-likeness (QED) is 0.419. The zero-order valence-corrected chi connectivity index (χ0v) is 18.8. The summed E-state index contributed by atoms with van der Waals surface area (Å²) in [6.07, 6.45) is 3.10. The van der Waals surface area contributed by atoms with E-state index in [4.69, 9.17) is 9.47 Å². The maximum absolute atomic E-state index is 12.4. The largest absolute Gasteiger partial charge is 0.490 e. The lowest BCUT2D eigenvalue weighted by molar-refractivity contribution is -0.118. The number of anilines is 1. The minimum absolute atomic E-state index is 0.169. The number of carbonyl (C=O) groups excluding carboxylic acids is 1. The Morgan fingerprint density at radius 2 is 2.00 bits per heavy atom. The first-order chi connectivity index (χ1) is 15.0. The number of carbonyl (C=O) groups is 1. The summed E-state index contributed by atoms with van der Waals surface area (Å²) in [6.45, 7) is 2.11. The Labute approximate surface area is 189 Å². The normalized spacial score (nSPS) is 11.6. The molecule has 2 aromatic carbocycles. The summed E-state index contributed by atoms with van der Waals surface area (Å²) in [5.41, 5.74) is 1.22. The fourth-order valence-electron chi connectivity index (χ4n) is 2.80. The highest BCUT2D eigenvalue weighted by atomic mass is 79.9. The van der Waals surface area contributed by atoms with Gasteiger partial charge in [-0.05, 0) is 55.0 Å². The Kier molecular flexibility index (Phi) is 6.28. The van der Waals surface area contributed by atoms with Crippen molar-refractivity contribution in [3.05, 3.63) is 73.7 Å². The van der Waals surface area contributed by atoms with Crippen molar-refractivity contribution in [2.45, 2.75) is 6.92 Å². The van der Waals surface area contributed by atoms with E-state index in [1.807, 2.05) is 19.1 Å². The summed E-state index contributed by atoms with van der Waals surface area (Å²) in [5.74, 6) is 0.639. The molecule has 0 bridgehead atoms. The number of hydrogen-bond acceptors (Lipinski definition) is 7. The molecule has 0 aliphatic rings. The molecule has 0 unspecified atom stereocenters. The van der Waals surface area contributed by atoms with Gasteiger partial charge in [-0.3, -0.25) is 9.59 Å². The molecule has 31 heavy (non-hydrogen) atoms. The smallest absolute Gasteiger partial charge is 0.291 e. The summed E-state index contributed by atoms with van der Waals surface area (Å²) < 4.78 is 14.0. The molecular weight excluding hydrogens is 484 g/mol. The molecule has 2 aromatic heterocycles.